The van der Waals surface area contributed by atoms with Crippen LogP contribution in [0.3, 0.4) is 0 Å². The molecule has 0 aliphatic carbocycles. The van der Waals surface area contributed by atoms with Crippen LogP contribution in [0.15, 0.2) is 42.6 Å². The van der Waals surface area contributed by atoms with E-state index < -0.39 is 5.82 Å². The zero-order chi connectivity index (χ0) is 24.8. The van der Waals surface area contributed by atoms with Crippen molar-refractivity contribution < 1.29 is 9.18 Å². The summed E-state index contributed by atoms with van der Waals surface area (Å²) in [5.41, 5.74) is 1.84. The Bertz CT molecular complexity index is 1190. The van der Waals surface area contributed by atoms with Crippen LogP contribution >= 0.6 is 11.6 Å². The van der Waals surface area contributed by atoms with Gasteiger partial charge in [0, 0.05) is 74.7 Å². The first-order valence-electron chi connectivity index (χ1n) is 11.4. The molecule has 3 aromatic rings. The van der Waals surface area contributed by atoms with Crippen molar-refractivity contribution in [3.63, 3.8) is 0 Å². The molecule has 1 fully saturated rings. The standard InChI is InChI=1S/C24H28ClFN8O/c1-27-24-21(15-20(31-32-24)18-13-16(25)3-4-19(18)26)29-17-5-7-28-22(14-17)30-23(35)6-8-34-11-9-33(2)10-12-34/h3-5,7,13-15H,6,8-12H2,1-2H3,(H,27,32)(H2,28,29,30,31,35). The van der Waals surface area contributed by atoms with Gasteiger partial charge in [0.15, 0.2) is 5.82 Å². The smallest absolute Gasteiger partial charge is 0.226 e. The molecule has 184 valence electrons. The minimum atomic E-state index is -0.447. The van der Waals surface area contributed by atoms with Crippen molar-refractivity contribution in [2.24, 2.45) is 0 Å². The van der Waals surface area contributed by atoms with Gasteiger partial charge in [-0.25, -0.2) is 9.37 Å². The molecule has 1 aromatic carbocycles. The van der Waals surface area contributed by atoms with Crippen molar-refractivity contribution in [1.29, 1.82) is 0 Å². The van der Waals surface area contributed by atoms with Gasteiger partial charge in [0.05, 0.1) is 11.4 Å². The van der Waals surface area contributed by atoms with Gasteiger partial charge < -0.3 is 25.8 Å². The van der Waals surface area contributed by atoms with E-state index in [0.29, 0.717) is 46.7 Å². The number of aromatic nitrogens is 3. The Morgan fingerprint density at radius 2 is 1.91 bits per heavy atom. The molecule has 1 aliphatic heterocycles. The number of carbonyl (C=O) groups excluding carboxylic acids is 1. The van der Waals surface area contributed by atoms with Crippen LogP contribution in [0, 0.1) is 5.82 Å². The monoisotopic (exact) mass is 498 g/mol. The molecule has 1 saturated heterocycles. The highest BCUT2D eigenvalue weighted by Gasteiger charge is 2.16. The number of nitrogens with one attached hydrogen (secondary N) is 3. The molecule has 0 atom stereocenters. The zero-order valence-corrected chi connectivity index (χ0v) is 20.4. The van der Waals surface area contributed by atoms with E-state index in [2.05, 4.69) is 48.0 Å². The Morgan fingerprint density at radius 1 is 1.11 bits per heavy atom. The number of hydrogen-bond donors (Lipinski definition) is 3. The first-order valence-corrected chi connectivity index (χ1v) is 11.7. The first-order chi connectivity index (χ1) is 16.9. The number of halogens is 2. The Hall–Kier alpha value is -3.34. The number of anilines is 4. The Kier molecular flexibility index (Phi) is 8.06. The number of carbonyl (C=O) groups is 1. The maximum absolute atomic E-state index is 14.4. The van der Waals surface area contributed by atoms with Crippen LogP contribution < -0.4 is 16.0 Å². The largest absolute Gasteiger partial charge is 0.370 e. The lowest BCUT2D eigenvalue weighted by Crippen LogP contribution is -2.45. The van der Waals surface area contributed by atoms with Gasteiger partial charge >= 0.3 is 0 Å². The molecular weight excluding hydrogens is 471 g/mol. The third-order valence-electron chi connectivity index (χ3n) is 5.79. The molecule has 0 unspecified atom stereocenters. The number of hydrogen-bond acceptors (Lipinski definition) is 8. The first kappa shape index (κ1) is 24.8. The number of nitrogens with zero attached hydrogens (tertiary/aromatic N) is 5. The second kappa shape index (κ2) is 11.4. The van der Waals surface area contributed by atoms with E-state index in [4.69, 9.17) is 11.6 Å². The number of likely N-dealkylation sites (N-methyl/N-ethyl adjacent to an activating group) is 1. The van der Waals surface area contributed by atoms with E-state index in [-0.39, 0.29) is 11.5 Å². The lowest BCUT2D eigenvalue weighted by atomic mass is 10.1. The van der Waals surface area contributed by atoms with Crippen molar-refractivity contribution in [3.8, 4) is 11.3 Å². The van der Waals surface area contributed by atoms with Gasteiger partial charge in [0.1, 0.15) is 11.6 Å². The highest BCUT2D eigenvalue weighted by atomic mass is 35.5. The minimum absolute atomic E-state index is 0.0891. The van der Waals surface area contributed by atoms with Crippen LogP contribution in [0.2, 0.25) is 5.02 Å². The van der Waals surface area contributed by atoms with Crippen LogP contribution in [0.1, 0.15) is 6.42 Å². The van der Waals surface area contributed by atoms with E-state index in [1.807, 2.05) is 0 Å². The summed E-state index contributed by atoms with van der Waals surface area (Å²) in [6.07, 6.45) is 2.00. The highest BCUT2D eigenvalue weighted by molar-refractivity contribution is 6.30. The van der Waals surface area contributed by atoms with Crippen LogP contribution in [0.4, 0.5) is 27.4 Å². The predicted molar refractivity (Wildman–Crippen MR) is 137 cm³/mol. The van der Waals surface area contributed by atoms with E-state index in [1.54, 1.807) is 31.4 Å². The van der Waals surface area contributed by atoms with Crippen LogP contribution in [-0.2, 0) is 4.79 Å². The highest BCUT2D eigenvalue weighted by Crippen LogP contribution is 2.30. The second-order valence-electron chi connectivity index (χ2n) is 8.36. The maximum Gasteiger partial charge on any atom is 0.226 e. The second-order valence-corrected chi connectivity index (χ2v) is 8.80. The van der Waals surface area contributed by atoms with Crippen molar-refractivity contribution in [2.75, 3.05) is 62.8 Å². The quantitative estimate of drug-likeness (QED) is 0.432. The average Bonchev–Trinajstić information content (AvgIpc) is 2.85. The molecule has 1 aliphatic rings. The Labute approximate surface area is 208 Å². The fraction of sp³-hybridized carbons (Fsp3) is 0.333. The van der Waals surface area contributed by atoms with Gasteiger partial charge in [-0.3, -0.25) is 4.79 Å². The van der Waals surface area contributed by atoms with E-state index in [0.717, 1.165) is 26.2 Å². The van der Waals surface area contributed by atoms with Gasteiger partial charge in [-0.1, -0.05) is 11.6 Å². The molecule has 3 N–H and O–H groups in total. The Morgan fingerprint density at radius 3 is 2.69 bits per heavy atom. The topological polar surface area (TPSA) is 98.3 Å². The van der Waals surface area contributed by atoms with Crippen molar-refractivity contribution in [3.05, 3.63) is 53.4 Å². The molecule has 9 nitrogen and oxygen atoms in total. The van der Waals surface area contributed by atoms with E-state index in [9.17, 15) is 9.18 Å². The fourth-order valence-corrected chi connectivity index (χ4v) is 3.94. The van der Waals surface area contributed by atoms with Gasteiger partial charge in [0.2, 0.25) is 5.91 Å². The summed E-state index contributed by atoms with van der Waals surface area (Å²) in [4.78, 5) is 21.3. The third-order valence-corrected chi connectivity index (χ3v) is 6.03. The Balaban J connectivity index is 1.44. The van der Waals surface area contributed by atoms with Gasteiger partial charge in [-0.15, -0.1) is 10.2 Å². The summed E-state index contributed by atoms with van der Waals surface area (Å²) >= 11 is 6.04. The number of rotatable bonds is 8. The molecule has 0 spiro atoms. The summed E-state index contributed by atoms with van der Waals surface area (Å²) in [6.45, 7) is 4.68. The molecule has 11 heteroatoms. The molecule has 0 bridgehead atoms. The minimum Gasteiger partial charge on any atom is -0.370 e. The lowest BCUT2D eigenvalue weighted by Gasteiger charge is -2.32. The molecule has 3 heterocycles. The van der Waals surface area contributed by atoms with Crippen molar-refractivity contribution >= 4 is 40.5 Å². The molecule has 4 rings (SSSR count). The third kappa shape index (κ3) is 6.62. The van der Waals surface area contributed by atoms with E-state index >= 15 is 0 Å². The van der Waals surface area contributed by atoms with Gasteiger partial charge in [-0.2, -0.15) is 0 Å². The van der Waals surface area contributed by atoms with Gasteiger partial charge in [0.25, 0.3) is 0 Å². The van der Waals surface area contributed by atoms with Crippen LogP contribution in [0.5, 0.6) is 0 Å². The zero-order valence-electron chi connectivity index (χ0n) is 19.7. The van der Waals surface area contributed by atoms with Crippen LogP contribution in [0.25, 0.3) is 11.3 Å². The lowest BCUT2D eigenvalue weighted by molar-refractivity contribution is -0.116. The fourth-order valence-electron chi connectivity index (χ4n) is 3.77. The average molecular weight is 499 g/mol. The summed E-state index contributed by atoms with van der Waals surface area (Å²) in [6, 6.07) is 9.45. The predicted octanol–water partition coefficient (Wildman–Crippen LogP) is 3.69. The number of amides is 1. The number of pyridine rings is 1. The van der Waals surface area contributed by atoms with Gasteiger partial charge in [-0.05, 0) is 37.4 Å². The summed E-state index contributed by atoms with van der Waals surface area (Å²) in [5.74, 6) is 0.379. The molecule has 0 radical (unpaired) electrons. The molecule has 2 aromatic heterocycles. The molecule has 35 heavy (non-hydrogen) atoms. The maximum atomic E-state index is 14.4. The number of piperazine rings is 1. The summed E-state index contributed by atoms with van der Waals surface area (Å²) in [5, 5.41) is 17.8. The summed E-state index contributed by atoms with van der Waals surface area (Å²) < 4.78 is 14.4. The summed E-state index contributed by atoms with van der Waals surface area (Å²) in [7, 11) is 3.82. The number of benzene rings is 1. The van der Waals surface area contributed by atoms with Crippen molar-refractivity contribution in [2.45, 2.75) is 6.42 Å². The van der Waals surface area contributed by atoms with Crippen LogP contribution in [-0.4, -0.2) is 77.7 Å². The SMILES string of the molecule is CNc1nnc(-c2cc(Cl)ccc2F)cc1Nc1ccnc(NC(=O)CCN2CCN(C)CC2)c1. The molecular formula is C24H28ClFN8O. The normalized spacial score (nSPS) is 14.5. The van der Waals surface area contributed by atoms with E-state index in [1.165, 1.54) is 18.2 Å². The molecule has 1 amide bonds. The molecule has 0 saturated carbocycles. The van der Waals surface area contributed by atoms with Crippen molar-refractivity contribution in [1.82, 2.24) is 25.0 Å².